The fraction of sp³-hybridized carbons (Fsp3) is 0.909. The monoisotopic (exact) mass is 538 g/mol. The number of hydrogen-bond donors (Lipinski definition) is 5. The van der Waals surface area contributed by atoms with Crippen molar-refractivity contribution in [1.82, 2.24) is 0 Å². The SMILES string of the molecule is CC(C)(CCCS(=N)(=O)CC[C@H](N)C(=O)O)OCOC(=O)[C@@H](N)CCS(=N)(=O)CCC12CC(C1)C2. The molecule has 3 aliphatic rings. The number of nitrogens with one attached hydrogen (secondary N) is 2. The van der Waals surface area contributed by atoms with Gasteiger partial charge in [-0.3, -0.25) is 19.1 Å². The van der Waals surface area contributed by atoms with Crippen LogP contribution in [0.4, 0.5) is 0 Å². The number of esters is 1. The van der Waals surface area contributed by atoms with Gasteiger partial charge in [-0.05, 0) is 76.5 Å². The number of carbonyl (C=O) groups excluding carboxylic acids is 1. The van der Waals surface area contributed by atoms with Gasteiger partial charge in [-0.1, -0.05) is 0 Å². The van der Waals surface area contributed by atoms with Gasteiger partial charge in [0, 0.05) is 42.5 Å². The fourth-order valence-electron chi connectivity index (χ4n) is 4.58. The quantitative estimate of drug-likeness (QED) is 0.127. The highest BCUT2D eigenvalue weighted by Crippen LogP contribution is 2.66. The van der Waals surface area contributed by atoms with Crippen LogP contribution >= 0.6 is 0 Å². The van der Waals surface area contributed by atoms with Crippen LogP contribution in [0.1, 0.15) is 65.2 Å². The molecule has 0 heterocycles. The summed E-state index contributed by atoms with van der Waals surface area (Å²) < 4.78 is 51.4. The van der Waals surface area contributed by atoms with Crippen molar-refractivity contribution in [3.63, 3.8) is 0 Å². The maximum atomic E-state index is 12.5. The van der Waals surface area contributed by atoms with Gasteiger partial charge in [-0.25, -0.2) is 8.42 Å². The van der Waals surface area contributed by atoms with Gasteiger partial charge < -0.3 is 26.0 Å². The van der Waals surface area contributed by atoms with Crippen LogP contribution in [0.25, 0.3) is 0 Å². The first kappa shape index (κ1) is 29.9. The van der Waals surface area contributed by atoms with Gasteiger partial charge in [0.2, 0.25) is 0 Å². The molecule has 2 unspecified atom stereocenters. The van der Waals surface area contributed by atoms with Gasteiger partial charge >= 0.3 is 11.9 Å². The van der Waals surface area contributed by atoms with Gasteiger partial charge in [0.25, 0.3) is 0 Å². The first-order valence-electron chi connectivity index (χ1n) is 12.1. The molecule has 11 nitrogen and oxygen atoms in total. The molecule has 3 aliphatic carbocycles. The fourth-order valence-corrected chi connectivity index (χ4v) is 7.63. The Hall–Kier alpha value is -1.28. The molecule has 0 saturated heterocycles. The molecule has 3 rings (SSSR count). The Bertz CT molecular complexity index is 949. The minimum Gasteiger partial charge on any atom is -0.480 e. The summed E-state index contributed by atoms with van der Waals surface area (Å²) in [6, 6.07) is -2.11. The molecule has 3 fully saturated rings. The van der Waals surface area contributed by atoms with Crippen LogP contribution in [0, 0.1) is 20.9 Å². The summed E-state index contributed by atoms with van der Waals surface area (Å²) >= 11 is 0. The first-order chi connectivity index (χ1) is 16.0. The van der Waals surface area contributed by atoms with E-state index in [0.717, 1.165) is 12.3 Å². The Kier molecular flexibility index (Phi) is 10.1. The van der Waals surface area contributed by atoms with E-state index in [-0.39, 0.29) is 36.9 Å². The van der Waals surface area contributed by atoms with Crippen molar-refractivity contribution in [3.8, 4) is 0 Å². The molecular weight excluding hydrogens is 496 g/mol. The average molecular weight is 539 g/mol. The number of hydrogen-bond acceptors (Lipinski definition) is 10. The molecular formula is C22H42N4O7S2. The van der Waals surface area contributed by atoms with Crippen LogP contribution < -0.4 is 11.5 Å². The lowest BCUT2D eigenvalue weighted by Gasteiger charge is -2.62. The summed E-state index contributed by atoms with van der Waals surface area (Å²) in [6.07, 6.45) is 5.37. The topological polar surface area (TPSA) is 207 Å². The van der Waals surface area contributed by atoms with Crippen molar-refractivity contribution in [2.24, 2.45) is 22.8 Å². The molecule has 0 spiro atoms. The third-order valence-corrected chi connectivity index (χ3v) is 10.8. The highest BCUT2D eigenvalue weighted by molar-refractivity contribution is 7.92. The van der Waals surface area contributed by atoms with Crippen LogP contribution in [0.3, 0.4) is 0 Å². The maximum Gasteiger partial charge on any atom is 0.325 e. The Morgan fingerprint density at radius 3 is 2.09 bits per heavy atom. The van der Waals surface area contributed by atoms with Gasteiger partial charge in [-0.2, -0.15) is 0 Å². The lowest BCUT2D eigenvalue weighted by Crippen LogP contribution is -2.52. The second kappa shape index (κ2) is 11.8. The van der Waals surface area contributed by atoms with Gasteiger partial charge in [-0.15, -0.1) is 0 Å². The van der Waals surface area contributed by atoms with E-state index in [2.05, 4.69) is 0 Å². The summed E-state index contributed by atoms with van der Waals surface area (Å²) in [5.74, 6) is -0.583. The predicted molar refractivity (Wildman–Crippen MR) is 134 cm³/mol. The summed E-state index contributed by atoms with van der Waals surface area (Å²) in [6.45, 7) is 3.21. The largest absolute Gasteiger partial charge is 0.480 e. The number of rotatable bonds is 18. The molecule has 7 N–H and O–H groups in total. The zero-order valence-electron chi connectivity index (χ0n) is 20.8. The number of carbonyl (C=O) groups is 2. The van der Waals surface area contributed by atoms with E-state index in [0.29, 0.717) is 24.0 Å². The summed E-state index contributed by atoms with van der Waals surface area (Å²) in [5.41, 5.74) is 10.9. The van der Waals surface area contributed by atoms with Crippen molar-refractivity contribution in [3.05, 3.63) is 0 Å². The molecule has 35 heavy (non-hydrogen) atoms. The van der Waals surface area contributed by atoms with Crippen molar-refractivity contribution >= 4 is 31.4 Å². The molecule has 13 heteroatoms. The highest BCUT2D eigenvalue weighted by Gasteiger charge is 2.55. The zero-order valence-corrected chi connectivity index (χ0v) is 22.4. The molecule has 3 saturated carbocycles. The molecule has 0 aromatic rings. The molecule has 0 aromatic heterocycles. The van der Waals surface area contributed by atoms with E-state index in [1.807, 2.05) is 0 Å². The standard InChI is InChI=1S/C22H42N4O7S2/c1-21(2,6-3-8-34(25,30)9-4-17(23)19(27)28)33-15-32-20(29)18(24)5-10-35(26,31)11-7-22-12-16(13-22)14-22/h16-18,25-26H,3-15,23-24H2,1-2H3,(H,27,28)/t16?,17-,18-,22?,34?,35?/m0/s1. The number of carboxylic acids is 1. The summed E-state index contributed by atoms with van der Waals surface area (Å²) in [4.78, 5) is 22.9. The van der Waals surface area contributed by atoms with E-state index >= 15 is 0 Å². The van der Waals surface area contributed by atoms with E-state index < -0.39 is 49.1 Å². The number of aliphatic carboxylic acids is 1. The normalized spacial score (nSPS) is 26.3. The second-order valence-corrected chi connectivity index (χ2v) is 15.8. The molecule has 0 radical (unpaired) electrons. The lowest BCUT2D eigenvalue weighted by atomic mass is 9.43. The van der Waals surface area contributed by atoms with Gasteiger partial charge in [0.1, 0.15) is 12.1 Å². The van der Waals surface area contributed by atoms with Gasteiger partial charge in [0.05, 0.1) is 5.60 Å². The lowest BCUT2D eigenvalue weighted by molar-refractivity contribution is -0.171. The third-order valence-electron chi connectivity index (χ3n) is 7.17. The Labute approximate surface area is 209 Å². The minimum atomic E-state index is -2.94. The van der Waals surface area contributed by atoms with Crippen LogP contribution in [0.5, 0.6) is 0 Å². The smallest absolute Gasteiger partial charge is 0.325 e. The average Bonchev–Trinajstić information content (AvgIpc) is 2.67. The molecule has 0 aromatic carbocycles. The first-order valence-corrected chi connectivity index (χ1v) is 15.9. The highest BCUT2D eigenvalue weighted by atomic mass is 32.2. The van der Waals surface area contributed by atoms with Crippen LogP contribution in [-0.4, -0.2) is 73.0 Å². The van der Waals surface area contributed by atoms with Crippen molar-refractivity contribution in [2.45, 2.75) is 82.9 Å². The van der Waals surface area contributed by atoms with E-state index in [9.17, 15) is 18.0 Å². The van der Waals surface area contributed by atoms with Crippen molar-refractivity contribution in [1.29, 1.82) is 9.56 Å². The molecule has 0 amide bonds. The zero-order chi connectivity index (χ0) is 26.5. The predicted octanol–water partition coefficient (Wildman–Crippen LogP) is 1.87. The van der Waals surface area contributed by atoms with Crippen LogP contribution in [-0.2, 0) is 38.5 Å². The summed E-state index contributed by atoms with van der Waals surface area (Å²) in [7, 11) is -5.71. The van der Waals surface area contributed by atoms with E-state index in [1.165, 1.54) is 19.3 Å². The Morgan fingerprint density at radius 2 is 1.57 bits per heavy atom. The third kappa shape index (κ3) is 9.95. The summed E-state index contributed by atoms with van der Waals surface area (Å²) in [5, 5.41) is 8.78. The van der Waals surface area contributed by atoms with Crippen LogP contribution in [0.2, 0.25) is 0 Å². The van der Waals surface area contributed by atoms with E-state index in [1.54, 1.807) is 13.8 Å². The minimum absolute atomic E-state index is 0.0237. The van der Waals surface area contributed by atoms with Gasteiger partial charge in [0.15, 0.2) is 6.79 Å². The number of nitrogens with two attached hydrogens (primary N) is 2. The Balaban J connectivity index is 1.60. The van der Waals surface area contributed by atoms with Crippen LogP contribution in [0.15, 0.2) is 0 Å². The van der Waals surface area contributed by atoms with Crippen molar-refractivity contribution in [2.75, 3.05) is 29.8 Å². The molecule has 0 aliphatic heterocycles. The maximum absolute atomic E-state index is 12.5. The second-order valence-electron chi connectivity index (χ2n) is 10.9. The molecule has 204 valence electrons. The molecule has 2 bridgehead atoms. The Morgan fingerprint density at radius 1 is 1.03 bits per heavy atom. The van der Waals surface area contributed by atoms with E-state index in [4.69, 9.17) is 35.6 Å². The number of ether oxygens (including phenoxy) is 2. The number of carboxylic acid groups (broad SMARTS) is 1. The van der Waals surface area contributed by atoms with Crippen molar-refractivity contribution < 1.29 is 32.6 Å². The molecule has 4 atom stereocenters.